The molecule has 5 heteroatoms. The zero-order chi connectivity index (χ0) is 20.6. The van der Waals surface area contributed by atoms with Gasteiger partial charge >= 0.3 is 11.9 Å². The molecule has 28 heavy (non-hydrogen) atoms. The lowest BCUT2D eigenvalue weighted by molar-refractivity contribution is -0.153. The summed E-state index contributed by atoms with van der Waals surface area (Å²) in [6, 6.07) is 5.47. The lowest BCUT2D eigenvalue weighted by Gasteiger charge is -2.45. The fourth-order valence-corrected chi connectivity index (χ4v) is 5.34. The second-order valence-electron chi connectivity index (χ2n) is 8.16. The third-order valence-corrected chi connectivity index (χ3v) is 6.95. The van der Waals surface area contributed by atoms with E-state index in [-0.39, 0.29) is 11.5 Å². The Morgan fingerprint density at radius 2 is 1.75 bits per heavy atom. The zero-order valence-electron chi connectivity index (χ0n) is 16.6. The molecule has 0 spiro atoms. The Morgan fingerprint density at radius 1 is 1.11 bits per heavy atom. The second-order valence-corrected chi connectivity index (χ2v) is 8.59. The van der Waals surface area contributed by atoms with Gasteiger partial charge in [0.2, 0.25) is 0 Å². The predicted molar refractivity (Wildman–Crippen MR) is 110 cm³/mol. The number of aliphatic carboxylic acids is 2. The highest BCUT2D eigenvalue weighted by Crippen LogP contribution is 2.53. The molecular formula is C23H27ClO4. The molecule has 1 aromatic carbocycles. The van der Waals surface area contributed by atoms with Gasteiger partial charge in [-0.1, -0.05) is 49.9 Å². The fraction of sp³-hybridized carbons (Fsp3) is 0.478. The van der Waals surface area contributed by atoms with E-state index in [4.69, 9.17) is 11.6 Å². The van der Waals surface area contributed by atoms with Gasteiger partial charge in [0, 0.05) is 16.5 Å². The number of rotatable bonds is 4. The van der Waals surface area contributed by atoms with Crippen molar-refractivity contribution in [3.63, 3.8) is 0 Å². The average Bonchev–Trinajstić information content (AvgIpc) is 2.64. The maximum atomic E-state index is 12.7. The molecule has 0 aliphatic heterocycles. The first-order chi connectivity index (χ1) is 13.2. The van der Waals surface area contributed by atoms with Gasteiger partial charge in [0.05, 0.1) is 5.41 Å². The molecule has 0 aromatic heterocycles. The number of hydrogen-bond acceptors (Lipinski definition) is 2. The molecule has 1 aromatic rings. The van der Waals surface area contributed by atoms with Gasteiger partial charge in [-0.15, -0.1) is 0 Å². The molecule has 3 rings (SSSR count). The summed E-state index contributed by atoms with van der Waals surface area (Å²) in [5, 5.41) is 20.9. The van der Waals surface area contributed by atoms with Gasteiger partial charge in [-0.05, 0) is 67.0 Å². The SMILES string of the molecule is CC1=C(C(=O)O)C(C)C(C(=O)O)(C2CCCCC2)C=C1c1cc(Cl)ccc1C. The molecule has 0 amide bonds. The van der Waals surface area contributed by atoms with E-state index in [1.54, 1.807) is 26.0 Å². The van der Waals surface area contributed by atoms with Gasteiger partial charge < -0.3 is 10.2 Å². The molecule has 2 aliphatic rings. The van der Waals surface area contributed by atoms with Gasteiger partial charge in [-0.3, -0.25) is 4.79 Å². The molecule has 150 valence electrons. The highest BCUT2D eigenvalue weighted by Gasteiger charge is 2.53. The Bertz CT molecular complexity index is 877. The van der Waals surface area contributed by atoms with E-state index in [1.807, 2.05) is 19.1 Å². The minimum Gasteiger partial charge on any atom is -0.481 e. The van der Waals surface area contributed by atoms with Crippen molar-refractivity contribution < 1.29 is 19.8 Å². The van der Waals surface area contributed by atoms with Crippen LogP contribution in [0.4, 0.5) is 0 Å². The van der Waals surface area contributed by atoms with E-state index in [2.05, 4.69) is 0 Å². The van der Waals surface area contributed by atoms with Crippen LogP contribution in [0.5, 0.6) is 0 Å². The van der Waals surface area contributed by atoms with E-state index in [9.17, 15) is 19.8 Å². The van der Waals surface area contributed by atoms with Crippen LogP contribution >= 0.6 is 11.6 Å². The molecule has 2 unspecified atom stereocenters. The van der Waals surface area contributed by atoms with Crippen molar-refractivity contribution in [3.05, 3.63) is 51.6 Å². The van der Waals surface area contributed by atoms with Crippen molar-refractivity contribution in [3.8, 4) is 0 Å². The molecule has 0 heterocycles. The number of carboxylic acids is 2. The van der Waals surface area contributed by atoms with Crippen molar-refractivity contribution in [2.75, 3.05) is 0 Å². The third kappa shape index (κ3) is 3.28. The molecule has 0 bridgehead atoms. The van der Waals surface area contributed by atoms with Gasteiger partial charge in [0.25, 0.3) is 0 Å². The molecule has 2 aliphatic carbocycles. The number of benzene rings is 1. The van der Waals surface area contributed by atoms with Gasteiger partial charge in [0.15, 0.2) is 0 Å². The quantitative estimate of drug-likeness (QED) is 0.673. The average molecular weight is 403 g/mol. The minimum atomic E-state index is -1.22. The summed E-state index contributed by atoms with van der Waals surface area (Å²) >= 11 is 6.22. The van der Waals surface area contributed by atoms with Crippen LogP contribution in [0.15, 0.2) is 35.4 Å². The second kappa shape index (κ2) is 7.75. The first-order valence-electron chi connectivity index (χ1n) is 9.87. The Hall–Kier alpha value is -2.07. The molecular weight excluding hydrogens is 376 g/mol. The summed E-state index contributed by atoms with van der Waals surface area (Å²) in [6.07, 6.45) is 6.52. The lowest BCUT2D eigenvalue weighted by atomic mass is 9.57. The summed E-state index contributed by atoms with van der Waals surface area (Å²) in [5.74, 6) is -2.66. The molecule has 1 saturated carbocycles. The van der Waals surface area contributed by atoms with Crippen LogP contribution in [0, 0.1) is 24.2 Å². The van der Waals surface area contributed by atoms with Crippen LogP contribution < -0.4 is 0 Å². The highest BCUT2D eigenvalue weighted by molar-refractivity contribution is 6.30. The number of allylic oxidation sites excluding steroid dienone is 2. The van der Waals surface area contributed by atoms with E-state index < -0.39 is 23.3 Å². The summed E-state index contributed by atoms with van der Waals surface area (Å²) in [7, 11) is 0. The van der Waals surface area contributed by atoms with Crippen LogP contribution in [-0.4, -0.2) is 22.2 Å². The Kier molecular flexibility index (Phi) is 5.72. The molecule has 1 fully saturated rings. The minimum absolute atomic E-state index is 0.0781. The van der Waals surface area contributed by atoms with Crippen LogP contribution in [-0.2, 0) is 9.59 Å². The highest BCUT2D eigenvalue weighted by atomic mass is 35.5. The predicted octanol–water partition coefficient (Wildman–Crippen LogP) is 5.73. The number of carbonyl (C=O) groups is 2. The maximum Gasteiger partial charge on any atom is 0.332 e. The molecule has 0 saturated heterocycles. The molecule has 2 atom stereocenters. The summed E-state index contributed by atoms with van der Waals surface area (Å²) in [4.78, 5) is 24.9. The zero-order valence-corrected chi connectivity index (χ0v) is 17.3. The largest absolute Gasteiger partial charge is 0.481 e. The normalized spacial score (nSPS) is 26.1. The van der Waals surface area contributed by atoms with Crippen molar-refractivity contribution >= 4 is 29.1 Å². The number of halogens is 1. The Morgan fingerprint density at radius 3 is 2.32 bits per heavy atom. The van der Waals surface area contributed by atoms with Gasteiger partial charge in [-0.25, -0.2) is 4.79 Å². The van der Waals surface area contributed by atoms with Crippen molar-refractivity contribution in [2.45, 2.75) is 52.9 Å². The Labute approximate surface area is 170 Å². The summed E-state index contributed by atoms with van der Waals surface area (Å²) in [5.41, 5.74) is 2.03. The van der Waals surface area contributed by atoms with E-state index in [0.29, 0.717) is 16.2 Å². The first kappa shape index (κ1) is 20.7. The maximum absolute atomic E-state index is 12.7. The topological polar surface area (TPSA) is 74.6 Å². The summed E-state index contributed by atoms with van der Waals surface area (Å²) in [6.45, 7) is 5.47. The molecule has 4 nitrogen and oxygen atoms in total. The fourth-order valence-electron chi connectivity index (χ4n) is 5.16. The van der Waals surface area contributed by atoms with E-state index >= 15 is 0 Å². The van der Waals surface area contributed by atoms with Crippen LogP contribution in [0.3, 0.4) is 0 Å². The van der Waals surface area contributed by atoms with Crippen LogP contribution in [0.25, 0.3) is 5.57 Å². The monoisotopic (exact) mass is 402 g/mol. The molecule has 0 radical (unpaired) electrons. The van der Waals surface area contributed by atoms with E-state index in [0.717, 1.165) is 43.2 Å². The first-order valence-corrected chi connectivity index (χ1v) is 10.2. The number of aryl methyl sites for hydroxylation is 1. The third-order valence-electron chi connectivity index (χ3n) is 6.71. The van der Waals surface area contributed by atoms with Gasteiger partial charge in [0.1, 0.15) is 0 Å². The number of hydrogen-bond donors (Lipinski definition) is 2. The number of carboxylic acid groups (broad SMARTS) is 2. The summed E-state index contributed by atoms with van der Waals surface area (Å²) < 4.78 is 0. The van der Waals surface area contributed by atoms with E-state index in [1.165, 1.54) is 0 Å². The Balaban J connectivity index is 2.30. The van der Waals surface area contributed by atoms with Crippen molar-refractivity contribution in [1.82, 2.24) is 0 Å². The lowest BCUT2D eigenvalue weighted by Crippen LogP contribution is -2.47. The standard InChI is InChI=1S/C23H27ClO4/c1-13-9-10-17(24)11-18(13)19-12-23(22(27)28,16-7-5-4-6-8-16)15(3)20(14(19)2)21(25)26/h9-12,15-16H,4-8H2,1-3H3,(H,25,26)(H,27,28). The van der Waals surface area contributed by atoms with Gasteiger partial charge in [-0.2, -0.15) is 0 Å². The molecule has 2 N–H and O–H groups in total. The van der Waals surface area contributed by atoms with Crippen LogP contribution in [0.1, 0.15) is 57.1 Å². The van der Waals surface area contributed by atoms with Crippen molar-refractivity contribution in [1.29, 1.82) is 0 Å². The van der Waals surface area contributed by atoms with Crippen LogP contribution in [0.2, 0.25) is 5.02 Å². The van der Waals surface area contributed by atoms with Crippen molar-refractivity contribution in [2.24, 2.45) is 17.3 Å². The smallest absolute Gasteiger partial charge is 0.332 e.